The molecule has 0 N–H and O–H groups in total. The van der Waals surface area contributed by atoms with Crippen LogP contribution in [0.1, 0.15) is 45.7 Å². The molecule has 0 fully saturated rings. The van der Waals surface area contributed by atoms with Gasteiger partial charge in [-0.15, -0.1) is 0 Å². The summed E-state index contributed by atoms with van der Waals surface area (Å²) in [5.41, 5.74) is 2.06. The average Bonchev–Trinajstić information content (AvgIpc) is 2.70. The summed E-state index contributed by atoms with van der Waals surface area (Å²) >= 11 is 0. The van der Waals surface area contributed by atoms with Crippen LogP contribution < -0.4 is 9.47 Å². The van der Waals surface area contributed by atoms with Gasteiger partial charge in [-0.3, -0.25) is 0 Å². The van der Waals surface area contributed by atoms with E-state index in [4.69, 9.17) is 18.9 Å². The van der Waals surface area contributed by atoms with Gasteiger partial charge in [0.1, 0.15) is 23.7 Å². The molecule has 0 spiro atoms. The first-order chi connectivity index (χ1) is 14.4. The minimum absolute atomic E-state index is 0.184. The summed E-state index contributed by atoms with van der Waals surface area (Å²) in [5, 5.41) is 0. The topological polar surface area (TPSA) is 36.9 Å². The van der Waals surface area contributed by atoms with Crippen LogP contribution in [0.25, 0.3) is 12.2 Å². The van der Waals surface area contributed by atoms with Crippen molar-refractivity contribution in [1.82, 2.24) is 0 Å². The van der Waals surface area contributed by atoms with Crippen molar-refractivity contribution < 1.29 is 18.9 Å². The molecule has 0 aliphatic heterocycles. The fourth-order valence-corrected chi connectivity index (χ4v) is 2.67. The van der Waals surface area contributed by atoms with Crippen molar-refractivity contribution in [2.24, 2.45) is 0 Å². The van der Waals surface area contributed by atoms with Gasteiger partial charge in [-0.25, -0.2) is 0 Å². The lowest BCUT2D eigenvalue weighted by molar-refractivity contribution is -0.131. The highest BCUT2D eigenvalue weighted by molar-refractivity contribution is 5.58. The van der Waals surface area contributed by atoms with E-state index in [1.54, 1.807) is 0 Å². The molecule has 0 saturated heterocycles. The maximum Gasteiger partial charge on any atom is 0.154 e. The Hall–Kier alpha value is -2.56. The normalized spacial score (nSPS) is 13.1. The molecule has 4 heteroatoms. The monoisotopic (exact) mass is 410 g/mol. The zero-order chi connectivity index (χ0) is 21.8. The third-order valence-electron chi connectivity index (χ3n) is 3.98. The van der Waals surface area contributed by atoms with Gasteiger partial charge >= 0.3 is 0 Å². The van der Waals surface area contributed by atoms with Gasteiger partial charge < -0.3 is 18.9 Å². The first-order valence-corrected chi connectivity index (χ1v) is 10.5. The van der Waals surface area contributed by atoms with E-state index in [2.05, 4.69) is 24.3 Å². The molecule has 2 aromatic rings. The Balaban J connectivity index is 1.75. The fourth-order valence-electron chi connectivity index (χ4n) is 2.67. The second kappa shape index (κ2) is 12.2. The van der Waals surface area contributed by atoms with Crippen LogP contribution in [0.3, 0.4) is 0 Å². The van der Waals surface area contributed by atoms with Crippen molar-refractivity contribution in [3.63, 3.8) is 0 Å². The van der Waals surface area contributed by atoms with Gasteiger partial charge in [0.15, 0.2) is 6.29 Å². The van der Waals surface area contributed by atoms with Crippen molar-refractivity contribution >= 4 is 12.2 Å². The molecule has 0 radical (unpaired) electrons. The minimum Gasteiger partial charge on any atom is -0.491 e. The number of rotatable bonds is 11. The maximum atomic E-state index is 5.84. The number of hydrogen-bond acceptors (Lipinski definition) is 4. The highest BCUT2D eigenvalue weighted by atomic mass is 16.7. The third-order valence-corrected chi connectivity index (χ3v) is 3.98. The summed E-state index contributed by atoms with van der Waals surface area (Å²) in [6, 6.07) is 16.1. The van der Waals surface area contributed by atoms with Gasteiger partial charge in [0.05, 0.1) is 6.61 Å². The van der Waals surface area contributed by atoms with Crippen molar-refractivity contribution in [1.29, 1.82) is 0 Å². The molecule has 0 bridgehead atoms. The molecule has 0 aliphatic rings. The Morgan fingerprint density at radius 2 is 1.30 bits per heavy atom. The number of hydrogen-bond donors (Lipinski definition) is 0. The Morgan fingerprint density at radius 1 is 0.767 bits per heavy atom. The summed E-state index contributed by atoms with van der Waals surface area (Å²) in [7, 11) is 0. The van der Waals surface area contributed by atoms with Crippen LogP contribution in [0.5, 0.6) is 11.5 Å². The van der Waals surface area contributed by atoms with Crippen LogP contribution in [-0.2, 0) is 9.47 Å². The summed E-state index contributed by atoms with van der Waals surface area (Å²) in [5.74, 6) is 1.71. The lowest BCUT2D eigenvalue weighted by Crippen LogP contribution is -2.22. The molecule has 30 heavy (non-hydrogen) atoms. The molecule has 0 heterocycles. The van der Waals surface area contributed by atoms with E-state index in [9.17, 15) is 0 Å². The van der Waals surface area contributed by atoms with Gasteiger partial charge in [0, 0.05) is 6.61 Å². The first-order valence-electron chi connectivity index (χ1n) is 10.5. The first kappa shape index (κ1) is 23.7. The van der Waals surface area contributed by atoms with Gasteiger partial charge in [-0.2, -0.15) is 0 Å². The van der Waals surface area contributed by atoms with Crippen LogP contribution in [0.4, 0.5) is 0 Å². The Kier molecular flexibility index (Phi) is 9.65. The van der Waals surface area contributed by atoms with Crippen LogP contribution >= 0.6 is 0 Å². The molecular weight excluding hydrogens is 376 g/mol. The predicted octanol–water partition coefficient (Wildman–Crippen LogP) is 6.37. The largest absolute Gasteiger partial charge is 0.491 e. The van der Waals surface area contributed by atoms with E-state index in [0.29, 0.717) is 19.8 Å². The van der Waals surface area contributed by atoms with Gasteiger partial charge in [0.2, 0.25) is 0 Å². The second-order valence-electron chi connectivity index (χ2n) is 7.81. The van der Waals surface area contributed by atoms with Crippen molar-refractivity contribution in [2.75, 3.05) is 19.8 Å². The second-order valence-corrected chi connectivity index (χ2v) is 7.81. The van der Waals surface area contributed by atoms with Crippen LogP contribution in [0.15, 0.2) is 60.7 Å². The summed E-state index contributed by atoms with van der Waals surface area (Å²) in [6.45, 7) is 11.6. The van der Waals surface area contributed by atoms with Gasteiger partial charge in [-0.05, 0) is 70.0 Å². The molecule has 0 saturated carbocycles. The zero-order valence-corrected chi connectivity index (χ0v) is 18.8. The van der Waals surface area contributed by atoms with Crippen molar-refractivity contribution in [2.45, 2.75) is 46.5 Å². The Morgan fingerprint density at radius 3 is 1.80 bits per heavy atom. The number of allylic oxidation sites excluding steroid dienone is 2. The summed E-state index contributed by atoms with van der Waals surface area (Å²) in [6.07, 6.45) is 7.98. The molecule has 1 unspecified atom stereocenters. The van der Waals surface area contributed by atoms with Crippen LogP contribution in [-0.4, -0.2) is 31.7 Å². The quantitative estimate of drug-likeness (QED) is 0.245. The Labute approximate surface area is 181 Å². The SMILES string of the molecule is CCOC(C)OCCOc1ccc(C=CC=Cc2ccc(OC(C)(C)C)cc2)cc1. The van der Waals surface area contributed by atoms with E-state index < -0.39 is 0 Å². The Bertz CT molecular complexity index is 783. The standard InChI is InChI=1S/C26H34O4/c1-6-27-21(2)28-19-20-29-24-15-11-22(12-16-24)9-7-8-10-23-13-17-25(18-14-23)30-26(3,4)5/h7-18,21H,6,19-20H2,1-5H3. The molecule has 0 aliphatic carbocycles. The average molecular weight is 411 g/mol. The third kappa shape index (κ3) is 9.77. The van der Waals surface area contributed by atoms with E-state index in [-0.39, 0.29) is 11.9 Å². The molecule has 162 valence electrons. The lowest BCUT2D eigenvalue weighted by Gasteiger charge is -2.21. The summed E-state index contributed by atoms with van der Waals surface area (Å²) < 4.78 is 22.3. The highest BCUT2D eigenvalue weighted by Gasteiger charge is 2.10. The van der Waals surface area contributed by atoms with Gasteiger partial charge in [-0.1, -0.05) is 48.6 Å². The molecule has 2 rings (SSSR count). The molecule has 4 nitrogen and oxygen atoms in total. The van der Waals surface area contributed by atoms with Crippen molar-refractivity contribution in [3.05, 3.63) is 71.8 Å². The number of ether oxygens (including phenoxy) is 4. The zero-order valence-electron chi connectivity index (χ0n) is 18.8. The van der Waals surface area contributed by atoms with Crippen LogP contribution in [0, 0.1) is 0 Å². The fraction of sp³-hybridized carbons (Fsp3) is 0.385. The predicted molar refractivity (Wildman–Crippen MR) is 124 cm³/mol. The summed E-state index contributed by atoms with van der Waals surface area (Å²) in [4.78, 5) is 0. The maximum absolute atomic E-state index is 5.84. The lowest BCUT2D eigenvalue weighted by atomic mass is 10.1. The van der Waals surface area contributed by atoms with Gasteiger partial charge in [0.25, 0.3) is 0 Å². The highest BCUT2D eigenvalue weighted by Crippen LogP contribution is 2.19. The minimum atomic E-state index is -0.200. The number of benzene rings is 2. The van der Waals surface area contributed by atoms with E-state index >= 15 is 0 Å². The van der Waals surface area contributed by atoms with Crippen LogP contribution in [0.2, 0.25) is 0 Å². The molecule has 0 aromatic heterocycles. The van der Waals surface area contributed by atoms with E-state index in [1.165, 1.54) is 0 Å². The smallest absolute Gasteiger partial charge is 0.154 e. The van der Waals surface area contributed by atoms with E-state index in [1.807, 2.05) is 83.2 Å². The molecule has 1 atom stereocenters. The molecular formula is C26H34O4. The molecule has 2 aromatic carbocycles. The van der Waals surface area contributed by atoms with Crippen molar-refractivity contribution in [3.8, 4) is 11.5 Å². The van der Waals surface area contributed by atoms with E-state index in [0.717, 1.165) is 22.6 Å². The molecule has 0 amide bonds.